The fourth-order valence-corrected chi connectivity index (χ4v) is 2.49. The topological polar surface area (TPSA) is 69.8 Å². The zero-order valence-electron chi connectivity index (χ0n) is 9.25. The maximum atomic E-state index is 11.8. The van der Waals surface area contributed by atoms with Gasteiger partial charge in [0.1, 0.15) is 0 Å². The second kappa shape index (κ2) is 5.36. The molecule has 1 aromatic rings. The van der Waals surface area contributed by atoms with Crippen LogP contribution < -0.4 is 10.6 Å². The number of amides is 1. The van der Waals surface area contributed by atoms with E-state index in [-0.39, 0.29) is 11.9 Å². The van der Waals surface area contributed by atoms with Crippen LogP contribution in [0.5, 0.6) is 0 Å². The highest BCUT2D eigenvalue weighted by Crippen LogP contribution is 2.10. The predicted octanol–water partition coefficient (Wildman–Crippen LogP) is 0.616. The van der Waals surface area contributed by atoms with Crippen molar-refractivity contribution in [3.63, 3.8) is 0 Å². The Morgan fingerprint density at radius 2 is 2.62 bits per heavy atom. The molecule has 0 aromatic carbocycles. The predicted molar refractivity (Wildman–Crippen MR) is 65.7 cm³/mol. The highest BCUT2D eigenvalue weighted by Gasteiger charge is 2.21. The van der Waals surface area contributed by atoms with E-state index in [1.165, 1.54) is 0 Å². The highest BCUT2D eigenvalue weighted by molar-refractivity contribution is 7.99. The molecule has 6 heteroatoms. The van der Waals surface area contributed by atoms with E-state index in [2.05, 4.69) is 20.8 Å². The minimum atomic E-state index is -0.0967. The molecule has 0 saturated carbocycles. The van der Waals surface area contributed by atoms with Crippen molar-refractivity contribution in [2.75, 3.05) is 23.4 Å². The Kier molecular flexibility index (Phi) is 3.84. The lowest BCUT2D eigenvalue weighted by Crippen LogP contribution is -2.46. The van der Waals surface area contributed by atoms with Crippen LogP contribution in [0.25, 0.3) is 0 Å². The standard InChI is InChI=1S/C10H16N4OS/c1-2-7-5-9(14-13-7)12-10(15)8-6-16-4-3-11-8/h5,8,11H,2-4,6H2,1H3,(H2,12,13,14,15). The fourth-order valence-electron chi connectivity index (χ4n) is 1.55. The van der Waals surface area contributed by atoms with Gasteiger partial charge in [-0.25, -0.2) is 0 Å². The largest absolute Gasteiger partial charge is 0.308 e. The van der Waals surface area contributed by atoms with Gasteiger partial charge in [-0.15, -0.1) is 0 Å². The summed E-state index contributed by atoms with van der Waals surface area (Å²) in [6.45, 7) is 2.93. The molecule has 0 aliphatic carbocycles. The minimum Gasteiger partial charge on any atom is -0.308 e. The maximum absolute atomic E-state index is 11.8. The van der Waals surface area contributed by atoms with Crippen LogP contribution in [0, 0.1) is 0 Å². The molecular weight excluding hydrogens is 224 g/mol. The molecule has 0 radical (unpaired) electrons. The number of nitrogens with zero attached hydrogens (tertiary/aromatic N) is 1. The van der Waals surface area contributed by atoms with E-state index in [1.807, 2.05) is 13.0 Å². The smallest absolute Gasteiger partial charge is 0.243 e. The Balaban J connectivity index is 1.90. The second-order valence-corrected chi connectivity index (χ2v) is 4.85. The van der Waals surface area contributed by atoms with Gasteiger partial charge >= 0.3 is 0 Å². The zero-order valence-corrected chi connectivity index (χ0v) is 10.1. The SMILES string of the molecule is CCc1cc(NC(=O)C2CSCCN2)n[nH]1. The van der Waals surface area contributed by atoms with Crippen molar-refractivity contribution in [1.82, 2.24) is 15.5 Å². The van der Waals surface area contributed by atoms with E-state index in [0.717, 1.165) is 30.2 Å². The van der Waals surface area contributed by atoms with Gasteiger partial charge in [0.05, 0.1) is 6.04 Å². The van der Waals surface area contributed by atoms with Gasteiger partial charge in [-0.1, -0.05) is 6.92 Å². The van der Waals surface area contributed by atoms with Crippen LogP contribution >= 0.6 is 11.8 Å². The summed E-state index contributed by atoms with van der Waals surface area (Å²) >= 11 is 1.80. The maximum Gasteiger partial charge on any atom is 0.243 e. The lowest BCUT2D eigenvalue weighted by molar-refractivity contribution is -0.117. The van der Waals surface area contributed by atoms with Crippen molar-refractivity contribution in [2.24, 2.45) is 0 Å². The lowest BCUT2D eigenvalue weighted by Gasteiger charge is -2.21. The molecule has 1 aliphatic heterocycles. The van der Waals surface area contributed by atoms with Crippen molar-refractivity contribution in [1.29, 1.82) is 0 Å². The number of carbonyl (C=O) groups is 1. The average Bonchev–Trinajstić information content (AvgIpc) is 2.78. The van der Waals surface area contributed by atoms with Gasteiger partial charge in [0.2, 0.25) is 5.91 Å². The van der Waals surface area contributed by atoms with Crippen molar-refractivity contribution >= 4 is 23.5 Å². The summed E-state index contributed by atoms with van der Waals surface area (Å²) in [5, 5.41) is 12.9. The minimum absolute atomic E-state index is 0.00125. The number of hydrogen-bond acceptors (Lipinski definition) is 4. The lowest BCUT2D eigenvalue weighted by atomic mass is 10.3. The molecule has 0 bridgehead atoms. The molecule has 1 aliphatic rings. The van der Waals surface area contributed by atoms with Crippen LogP contribution in [0.1, 0.15) is 12.6 Å². The molecule has 0 spiro atoms. The molecule has 1 aromatic heterocycles. The first-order valence-electron chi connectivity index (χ1n) is 5.46. The van der Waals surface area contributed by atoms with Gasteiger partial charge in [0.25, 0.3) is 0 Å². The molecule has 5 nitrogen and oxygen atoms in total. The zero-order chi connectivity index (χ0) is 11.4. The molecule has 88 valence electrons. The highest BCUT2D eigenvalue weighted by atomic mass is 32.2. The third kappa shape index (κ3) is 2.76. The quantitative estimate of drug-likeness (QED) is 0.724. The Hall–Kier alpha value is -1.01. The molecule has 2 heterocycles. The molecule has 1 atom stereocenters. The Morgan fingerprint density at radius 3 is 3.25 bits per heavy atom. The summed E-state index contributed by atoms with van der Waals surface area (Å²) in [6.07, 6.45) is 0.889. The first-order valence-corrected chi connectivity index (χ1v) is 6.61. The molecule has 3 N–H and O–H groups in total. The fraction of sp³-hybridized carbons (Fsp3) is 0.600. The van der Waals surface area contributed by atoms with Crippen LogP contribution in [0.2, 0.25) is 0 Å². The van der Waals surface area contributed by atoms with Crippen LogP contribution in [-0.4, -0.2) is 40.2 Å². The summed E-state index contributed by atoms with van der Waals surface area (Å²) in [4.78, 5) is 11.8. The van der Waals surface area contributed by atoms with Crippen LogP contribution in [-0.2, 0) is 11.2 Å². The Morgan fingerprint density at radius 1 is 1.75 bits per heavy atom. The first-order chi connectivity index (χ1) is 7.79. The number of carbonyl (C=O) groups excluding carboxylic acids is 1. The van der Waals surface area contributed by atoms with Crippen molar-refractivity contribution in [3.05, 3.63) is 11.8 Å². The van der Waals surface area contributed by atoms with Crippen LogP contribution in [0.3, 0.4) is 0 Å². The van der Waals surface area contributed by atoms with Crippen molar-refractivity contribution in [3.8, 4) is 0 Å². The number of aromatic nitrogens is 2. The van der Waals surface area contributed by atoms with Gasteiger partial charge in [-0.05, 0) is 6.42 Å². The number of thioether (sulfide) groups is 1. The molecular formula is C10H16N4OS. The summed E-state index contributed by atoms with van der Waals surface area (Å²) in [5.74, 6) is 2.52. The van der Waals surface area contributed by atoms with Crippen LogP contribution in [0.4, 0.5) is 5.82 Å². The van der Waals surface area contributed by atoms with Gasteiger partial charge in [-0.3, -0.25) is 9.89 Å². The van der Waals surface area contributed by atoms with E-state index in [4.69, 9.17) is 0 Å². The van der Waals surface area contributed by atoms with Crippen LogP contribution in [0.15, 0.2) is 6.07 Å². The Labute approximate surface area is 98.8 Å². The number of aromatic amines is 1. The van der Waals surface area contributed by atoms with Crippen molar-refractivity contribution in [2.45, 2.75) is 19.4 Å². The molecule has 1 amide bonds. The molecule has 1 unspecified atom stereocenters. The molecule has 1 saturated heterocycles. The van der Waals surface area contributed by atoms with Gasteiger partial charge in [-0.2, -0.15) is 16.9 Å². The normalized spacial score (nSPS) is 20.7. The first kappa shape index (κ1) is 11.5. The number of hydrogen-bond donors (Lipinski definition) is 3. The second-order valence-electron chi connectivity index (χ2n) is 3.70. The monoisotopic (exact) mass is 240 g/mol. The number of aryl methyl sites for hydroxylation is 1. The summed E-state index contributed by atoms with van der Waals surface area (Å²) in [7, 11) is 0. The van der Waals surface area contributed by atoms with E-state index in [9.17, 15) is 4.79 Å². The summed E-state index contributed by atoms with van der Waals surface area (Å²) in [6, 6.07) is 1.77. The third-order valence-corrected chi connectivity index (χ3v) is 3.56. The molecule has 16 heavy (non-hydrogen) atoms. The number of H-pyrrole nitrogens is 1. The average molecular weight is 240 g/mol. The van der Waals surface area contributed by atoms with E-state index in [0.29, 0.717) is 5.82 Å². The van der Waals surface area contributed by atoms with Crippen molar-refractivity contribution < 1.29 is 4.79 Å². The molecule has 1 fully saturated rings. The number of nitrogens with one attached hydrogen (secondary N) is 3. The van der Waals surface area contributed by atoms with E-state index >= 15 is 0 Å². The summed E-state index contributed by atoms with van der Waals surface area (Å²) < 4.78 is 0. The Bertz CT molecular complexity index is 359. The van der Waals surface area contributed by atoms with E-state index in [1.54, 1.807) is 11.8 Å². The molecule has 2 rings (SSSR count). The van der Waals surface area contributed by atoms with Gasteiger partial charge < -0.3 is 10.6 Å². The third-order valence-electron chi connectivity index (χ3n) is 2.50. The summed E-state index contributed by atoms with van der Waals surface area (Å²) in [5.41, 5.74) is 1.03. The number of anilines is 1. The van der Waals surface area contributed by atoms with Gasteiger partial charge in [0.15, 0.2) is 5.82 Å². The van der Waals surface area contributed by atoms with Gasteiger partial charge in [0, 0.05) is 29.8 Å². The number of rotatable bonds is 3. The van der Waals surface area contributed by atoms with E-state index < -0.39 is 0 Å².